The van der Waals surface area contributed by atoms with Gasteiger partial charge in [0.2, 0.25) is 5.91 Å². The molecule has 1 aliphatic carbocycles. The van der Waals surface area contributed by atoms with Crippen molar-refractivity contribution in [3.8, 4) is 0 Å². The van der Waals surface area contributed by atoms with Crippen LogP contribution >= 0.6 is 0 Å². The molecule has 5 heteroatoms. The molecule has 2 aromatic rings. The lowest BCUT2D eigenvalue weighted by molar-refractivity contribution is -0.124. The summed E-state index contributed by atoms with van der Waals surface area (Å²) >= 11 is 0. The third kappa shape index (κ3) is 3.39. The first-order chi connectivity index (χ1) is 12.7. The smallest absolute Gasteiger partial charge is 0.270 e. The van der Waals surface area contributed by atoms with Crippen molar-refractivity contribution in [1.29, 1.82) is 0 Å². The van der Waals surface area contributed by atoms with Gasteiger partial charge in [0.1, 0.15) is 11.7 Å². The molecule has 1 saturated heterocycles. The van der Waals surface area contributed by atoms with Gasteiger partial charge in [-0.05, 0) is 49.3 Å². The molecule has 2 N–H and O–H groups in total. The highest BCUT2D eigenvalue weighted by Gasteiger charge is 2.33. The highest BCUT2D eigenvalue weighted by atomic mass is 16.2. The van der Waals surface area contributed by atoms with Crippen molar-refractivity contribution in [1.82, 2.24) is 15.2 Å². The van der Waals surface area contributed by atoms with Crippen LogP contribution in [0.25, 0.3) is 0 Å². The van der Waals surface area contributed by atoms with Crippen molar-refractivity contribution in [3.63, 3.8) is 0 Å². The Balaban J connectivity index is 1.61. The van der Waals surface area contributed by atoms with Crippen molar-refractivity contribution in [2.75, 3.05) is 13.1 Å². The Morgan fingerprint density at radius 2 is 1.92 bits per heavy atom. The number of amides is 2. The lowest BCUT2D eigenvalue weighted by Crippen LogP contribution is -2.48. The second kappa shape index (κ2) is 7.36. The molecule has 1 unspecified atom stereocenters. The molecule has 1 aromatic heterocycles. The largest absolute Gasteiger partial charge is 0.354 e. The SMILES string of the molecule is O=C1NCCCN(C(=O)c2cc3c([nH]2)CCCC3)C1Cc1ccccc1. The number of hydrogen-bond acceptors (Lipinski definition) is 2. The van der Waals surface area contributed by atoms with Crippen LogP contribution in [0.15, 0.2) is 36.4 Å². The maximum absolute atomic E-state index is 13.2. The van der Waals surface area contributed by atoms with Gasteiger partial charge in [0, 0.05) is 25.2 Å². The number of benzene rings is 1. The van der Waals surface area contributed by atoms with Gasteiger partial charge in [-0.3, -0.25) is 9.59 Å². The highest BCUT2D eigenvalue weighted by molar-refractivity contribution is 5.97. The van der Waals surface area contributed by atoms with Gasteiger partial charge < -0.3 is 15.2 Å². The second-order valence-corrected chi connectivity index (χ2v) is 7.24. The molecule has 1 aliphatic heterocycles. The summed E-state index contributed by atoms with van der Waals surface area (Å²) in [5.74, 6) is -0.117. The molecule has 4 rings (SSSR count). The van der Waals surface area contributed by atoms with Gasteiger partial charge in [0.25, 0.3) is 5.91 Å². The molecule has 5 nitrogen and oxygen atoms in total. The van der Waals surface area contributed by atoms with Gasteiger partial charge in [0.15, 0.2) is 0 Å². The number of carbonyl (C=O) groups excluding carboxylic acids is 2. The Morgan fingerprint density at radius 1 is 1.12 bits per heavy atom. The van der Waals surface area contributed by atoms with Gasteiger partial charge in [-0.15, -0.1) is 0 Å². The van der Waals surface area contributed by atoms with E-state index in [9.17, 15) is 9.59 Å². The molecular formula is C21H25N3O2. The van der Waals surface area contributed by atoms with Gasteiger partial charge in [0.05, 0.1) is 0 Å². The lowest BCUT2D eigenvalue weighted by atomic mass is 9.98. The summed E-state index contributed by atoms with van der Waals surface area (Å²) in [7, 11) is 0. The fraction of sp³-hybridized carbons (Fsp3) is 0.429. The maximum Gasteiger partial charge on any atom is 0.270 e. The van der Waals surface area contributed by atoms with E-state index < -0.39 is 6.04 Å². The number of nitrogens with one attached hydrogen (secondary N) is 2. The predicted molar refractivity (Wildman–Crippen MR) is 100 cm³/mol. The molecule has 136 valence electrons. The maximum atomic E-state index is 13.2. The third-order valence-electron chi connectivity index (χ3n) is 5.43. The topological polar surface area (TPSA) is 65.2 Å². The molecular weight excluding hydrogens is 326 g/mol. The monoisotopic (exact) mass is 351 g/mol. The van der Waals surface area contributed by atoms with Crippen molar-refractivity contribution in [2.24, 2.45) is 0 Å². The number of fused-ring (bicyclic) bond motifs is 1. The summed E-state index contributed by atoms with van der Waals surface area (Å²) in [6.45, 7) is 1.22. The first-order valence-electron chi connectivity index (χ1n) is 9.56. The van der Waals surface area contributed by atoms with Crippen LogP contribution in [0, 0.1) is 0 Å². The Kier molecular flexibility index (Phi) is 4.78. The molecule has 2 heterocycles. The van der Waals surface area contributed by atoms with Crippen molar-refractivity contribution >= 4 is 11.8 Å². The van der Waals surface area contributed by atoms with Crippen LogP contribution in [0.3, 0.4) is 0 Å². The number of aromatic amines is 1. The first kappa shape index (κ1) is 16.9. The average molecular weight is 351 g/mol. The number of nitrogens with zero attached hydrogens (tertiary/aromatic N) is 1. The Bertz CT molecular complexity index is 773. The lowest BCUT2D eigenvalue weighted by Gasteiger charge is -2.28. The second-order valence-electron chi connectivity index (χ2n) is 7.24. The number of hydrogen-bond donors (Lipinski definition) is 2. The van der Waals surface area contributed by atoms with E-state index >= 15 is 0 Å². The quantitative estimate of drug-likeness (QED) is 0.892. The number of carbonyl (C=O) groups is 2. The minimum atomic E-state index is -0.465. The van der Waals surface area contributed by atoms with E-state index in [0.29, 0.717) is 25.2 Å². The number of H-pyrrole nitrogens is 1. The summed E-state index contributed by atoms with van der Waals surface area (Å²) in [6, 6.07) is 11.4. The Labute approximate surface area is 153 Å². The molecule has 0 bridgehead atoms. The van der Waals surface area contributed by atoms with E-state index in [1.54, 1.807) is 4.90 Å². The molecule has 1 atom stereocenters. The summed E-state index contributed by atoms with van der Waals surface area (Å²) in [5, 5.41) is 2.96. The third-order valence-corrected chi connectivity index (χ3v) is 5.43. The van der Waals surface area contributed by atoms with Crippen LogP contribution in [0.1, 0.15) is 46.6 Å². The van der Waals surface area contributed by atoms with Crippen molar-refractivity contribution < 1.29 is 9.59 Å². The number of rotatable bonds is 3. The fourth-order valence-corrected chi connectivity index (χ4v) is 4.03. The van der Waals surface area contributed by atoms with Crippen LogP contribution < -0.4 is 5.32 Å². The van der Waals surface area contributed by atoms with Crippen molar-refractivity contribution in [2.45, 2.75) is 44.6 Å². The van der Waals surface area contributed by atoms with E-state index in [1.807, 2.05) is 36.4 Å². The zero-order valence-corrected chi connectivity index (χ0v) is 15.0. The van der Waals surface area contributed by atoms with E-state index in [-0.39, 0.29) is 11.8 Å². The molecule has 0 saturated carbocycles. The van der Waals surface area contributed by atoms with Crippen LogP contribution in [-0.4, -0.2) is 40.8 Å². The summed E-state index contributed by atoms with van der Waals surface area (Å²) in [4.78, 5) is 31.0. The van der Waals surface area contributed by atoms with Gasteiger partial charge in [-0.25, -0.2) is 0 Å². The summed E-state index contributed by atoms with van der Waals surface area (Å²) in [5.41, 5.74) is 4.15. The van der Waals surface area contributed by atoms with Crippen molar-refractivity contribution in [3.05, 3.63) is 58.9 Å². The molecule has 2 aliphatic rings. The number of aromatic nitrogens is 1. The first-order valence-corrected chi connectivity index (χ1v) is 9.56. The zero-order valence-electron chi connectivity index (χ0n) is 15.0. The van der Waals surface area contributed by atoms with Crippen LogP contribution in [0.4, 0.5) is 0 Å². The zero-order chi connectivity index (χ0) is 17.9. The Hall–Kier alpha value is -2.56. The van der Waals surface area contributed by atoms with E-state index in [2.05, 4.69) is 10.3 Å². The minimum absolute atomic E-state index is 0.0580. The molecule has 0 radical (unpaired) electrons. The average Bonchev–Trinajstić information content (AvgIpc) is 3.03. The predicted octanol–water partition coefficient (Wildman–Crippen LogP) is 2.47. The standard InChI is InChI=1S/C21H25N3O2/c25-20-19(13-15-7-2-1-3-8-15)24(12-6-11-22-20)21(26)18-14-16-9-4-5-10-17(16)23-18/h1-3,7-8,14,19,23H,4-6,9-13H2,(H,22,25). The van der Waals surface area contributed by atoms with Crippen LogP contribution in [0.2, 0.25) is 0 Å². The van der Waals surface area contributed by atoms with Gasteiger partial charge in [-0.2, -0.15) is 0 Å². The highest BCUT2D eigenvalue weighted by Crippen LogP contribution is 2.23. The van der Waals surface area contributed by atoms with E-state index in [4.69, 9.17) is 0 Å². The minimum Gasteiger partial charge on any atom is -0.354 e. The summed E-state index contributed by atoms with van der Waals surface area (Å²) < 4.78 is 0. The normalized spacial score (nSPS) is 20.2. The van der Waals surface area contributed by atoms with Gasteiger partial charge in [-0.1, -0.05) is 30.3 Å². The Morgan fingerprint density at radius 3 is 2.73 bits per heavy atom. The van der Waals surface area contributed by atoms with E-state index in [0.717, 1.165) is 24.8 Å². The molecule has 2 amide bonds. The van der Waals surface area contributed by atoms with E-state index in [1.165, 1.54) is 24.1 Å². The number of aryl methyl sites for hydroxylation is 2. The van der Waals surface area contributed by atoms with Crippen LogP contribution in [-0.2, 0) is 24.1 Å². The van der Waals surface area contributed by atoms with Crippen LogP contribution in [0.5, 0.6) is 0 Å². The molecule has 26 heavy (non-hydrogen) atoms. The summed E-state index contributed by atoms with van der Waals surface area (Å²) in [6.07, 6.45) is 5.72. The molecule has 0 spiro atoms. The fourth-order valence-electron chi connectivity index (χ4n) is 4.03. The molecule has 1 fully saturated rings. The molecule has 1 aromatic carbocycles. The van der Waals surface area contributed by atoms with Gasteiger partial charge >= 0.3 is 0 Å².